The van der Waals surface area contributed by atoms with Crippen molar-refractivity contribution in [1.82, 2.24) is 9.80 Å². The quantitative estimate of drug-likeness (QED) is 0.925. The Bertz CT molecular complexity index is 559. The van der Waals surface area contributed by atoms with Crippen LogP contribution in [0.2, 0.25) is 0 Å². The summed E-state index contributed by atoms with van der Waals surface area (Å²) in [6, 6.07) is 9.58. The number of piperazine rings is 1. The maximum atomic E-state index is 12.6. The lowest BCUT2D eigenvalue weighted by Crippen LogP contribution is -2.49. The highest BCUT2D eigenvalue weighted by Crippen LogP contribution is 2.31. The highest BCUT2D eigenvalue weighted by molar-refractivity contribution is 5.92. The molecule has 2 fully saturated rings. The lowest BCUT2D eigenvalue weighted by Gasteiger charge is -2.36. The monoisotopic (exact) mass is 329 g/mol. The molecule has 0 aromatic heterocycles. The van der Waals surface area contributed by atoms with Crippen LogP contribution < -0.4 is 5.32 Å². The van der Waals surface area contributed by atoms with Crippen molar-refractivity contribution < 1.29 is 9.59 Å². The van der Waals surface area contributed by atoms with Crippen molar-refractivity contribution in [3.05, 3.63) is 30.3 Å². The van der Waals surface area contributed by atoms with Gasteiger partial charge in [-0.05, 0) is 44.9 Å². The summed E-state index contributed by atoms with van der Waals surface area (Å²) in [5, 5.41) is 2.98. The second kappa shape index (κ2) is 7.79. The fourth-order valence-electron chi connectivity index (χ4n) is 3.65. The van der Waals surface area contributed by atoms with Gasteiger partial charge >= 0.3 is 0 Å². The second-order valence-corrected chi connectivity index (χ2v) is 7.03. The van der Waals surface area contributed by atoms with Crippen LogP contribution in [-0.4, -0.2) is 54.8 Å². The van der Waals surface area contributed by atoms with E-state index >= 15 is 0 Å². The van der Waals surface area contributed by atoms with Crippen molar-refractivity contribution in [1.29, 1.82) is 0 Å². The van der Waals surface area contributed by atoms with Crippen molar-refractivity contribution >= 4 is 17.5 Å². The number of likely N-dealkylation sites (N-methyl/N-ethyl adjacent to an activating group) is 1. The molecule has 24 heavy (non-hydrogen) atoms. The molecule has 1 aliphatic heterocycles. The van der Waals surface area contributed by atoms with Crippen molar-refractivity contribution in [3.8, 4) is 0 Å². The number of nitrogens with zero attached hydrogens (tertiary/aromatic N) is 2. The number of hydrogen-bond acceptors (Lipinski definition) is 3. The predicted molar refractivity (Wildman–Crippen MR) is 94.6 cm³/mol. The number of anilines is 1. The third-order valence-electron chi connectivity index (χ3n) is 5.30. The first-order valence-electron chi connectivity index (χ1n) is 8.97. The molecular formula is C19H27N3O2. The van der Waals surface area contributed by atoms with Gasteiger partial charge in [-0.25, -0.2) is 0 Å². The van der Waals surface area contributed by atoms with E-state index in [1.54, 1.807) is 0 Å². The summed E-state index contributed by atoms with van der Waals surface area (Å²) >= 11 is 0. The van der Waals surface area contributed by atoms with Crippen molar-refractivity contribution in [2.75, 3.05) is 38.5 Å². The molecule has 1 saturated carbocycles. The molecule has 1 saturated heterocycles. The standard InChI is InChI=1S/C19H27N3O2/c1-21-11-13-22(14-12-21)19(24)16-9-7-15(8-10-16)18(23)20-17-5-3-2-4-6-17/h2-6,15-16H,7-14H2,1H3,(H,20,23). The first-order chi connectivity index (χ1) is 11.6. The molecule has 1 aliphatic carbocycles. The minimum absolute atomic E-state index is 0.0294. The van der Waals surface area contributed by atoms with Crippen molar-refractivity contribution in [2.45, 2.75) is 25.7 Å². The molecular weight excluding hydrogens is 302 g/mol. The molecule has 0 unspecified atom stereocenters. The van der Waals surface area contributed by atoms with Crippen LogP contribution >= 0.6 is 0 Å². The number of carbonyl (C=O) groups excluding carboxylic acids is 2. The Morgan fingerprint density at radius 2 is 1.50 bits per heavy atom. The number of carbonyl (C=O) groups is 2. The Balaban J connectivity index is 1.47. The Morgan fingerprint density at radius 1 is 0.917 bits per heavy atom. The normalized spacial score (nSPS) is 25.3. The largest absolute Gasteiger partial charge is 0.340 e. The molecule has 3 rings (SSSR count). The minimum Gasteiger partial charge on any atom is -0.340 e. The highest BCUT2D eigenvalue weighted by atomic mass is 16.2. The third kappa shape index (κ3) is 4.15. The number of rotatable bonds is 3. The Kier molecular flexibility index (Phi) is 5.51. The number of hydrogen-bond donors (Lipinski definition) is 1. The van der Waals surface area contributed by atoms with Crippen LogP contribution in [0.1, 0.15) is 25.7 Å². The maximum Gasteiger partial charge on any atom is 0.227 e. The van der Waals surface area contributed by atoms with Gasteiger partial charge in [-0.2, -0.15) is 0 Å². The zero-order chi connectivity index (χ0) is 16.9. The summed E-state index contributed by atoms with van der Waals surface area (Å²) in [6.07, 6.45) is 3.28. The van der Waals surface area contributed by atoms with E-state index in [9.17, 15) is 9.59 Å². The van der Waals surface area contributed by atoms with Crippen molar-refractivity contribution in [3.63, 3.8) is 0 Å². The molecule has 2 aliphatic rings. The van der Waals surface area contributed by atoms with E-state index < -0.39 is 0 Å². The zero-order valence-corrected chi connectivity index (χ0v) is 14.4. The van der Waals surface area contributed by atoms with Crippen LogP contribution in [0.15, 0.2) is 30.3 Å². The van der Waals surface area contributed by atoms with E-state index in [2.05, 4.69) is 17.3 Å². The summed E-state index contributed by atoms with van der Waals surface area (Å²) in [5.74, 6) is 0.521. The molecule has 0 atom stereocenters. The number of para-hydroxylation sites is 1. The first kappa shape index (κ1) is 17.0. The van der Waals surface area contributed by atoms with Gasteiger partial charge in [0.1, 0.15) is 0 Å². The van der Waals surface area contributed by atoms with E-state index in [0.29, 0.717) is 5.91 Å². The molecule has 0 spiro atoms. The minimum atomic E-state index is 0.0294. The topological polar surface area (TPSA) is 52.7 Å². The van der Waals surface area contributed by atoms with Gasteiger partial charge in [-0.15, -0.1) is 0 Å². The van der Waals surface area contributed by atoms with E-state index in [0.717, 1.165) is 57.5 Å². The summed E-state index contributed by atoms with van der Waals surface area (Å²) in [5.41, 5.74) is 0.845. The molecule has 5 heteroatoms. The molecule has 0 radical (unpaired) electrons. The SMILES string of the molecule is CN1CCN(C(=O)C2CCC(C(=O)Nc3ccccc3)CC2)CC1. The van der Waals surface area contributed by atoms with E-state index in [-0.39, 0.29) is 17.7 Å². The second-order valence-electron chi connectivity index (χ2n) is 7.03. The van der Waals surface area contributed by atoms with Gasteiger partial charge in [0.15, 0.2) is 0 Å². The van der Waals surface area contributed by atoms with Gasteiger partial charge in [0.25, 0.3) is 0 Å². The van der Waals surface area contributed by atoms with E-state index in [1.165, 1.54) is 0 Å². The fraction of sp³-hybridized carbons (Fsp3) is 0.579. The Labute approximate surface area is 144 Å². The van der Waals surface area contributed by atoms with Gasteiger partial charge in [0, 0.05) is 43.7 Å². The van der Waals surface area contributed by atoms with Crippen LogP contribution in [0, 0.1) is 11.8 Å². The lowest BCUT2D eigenvalue weighted by atomic mass is 9.80. The molecule has 1 N–H and O–H groups in total. The fourth-order valence-corrected chi connectivity index (χ4v) is 3.65. The molecule has 130 valence electrons. The van der Waals surface area contributed by atoms with Gasteiger partial charge in [0.05, 0.1) is 0 Å². The van der Waals surface area contributed by atoms with Crippen LogP contribution in [0.25, 0.3) is 0 Å². The maximum absolute atomic E-state index is 12.6. The zero-order valence-electron chi connectivity index (χ0n) is 14.4. The van der Waals surface area contributed by atoms with Gasteiger partial charge < -0.3 is 15.1 Å². The first-order valence-corrected chi connectivity index (χ1v) is 8.97. The molecule has 1 aromatic rings. The van der Waals surface area contributed by atoms with Crippen LogP contribution in [0.3, 0.4) is 0 Å². The van der Waals surface area contributed by atoms with Crippen molar-refractivity contribution in [2.24, 2.45) is 11.8 Å². The van der Waals surface area contributed by atoms with E-state index in [4.69, 9.17) is 0 Å². The average molecular weight is 329 g/mol. The van der Waals surface area contributed by atoms with Crippen LogP contribution in [0.4, 0.5) is 5.69 Å². The van der Waals surface area contributed by atoms with Crippen LogP contribution in [0.5, 0.6) is 0 Å². The number of nitrogens with one attached hydrogen (secondary N) is 1. The summed E-state index contributed by atoms with van der Waals surface area (Å²) in [7, 11) is 2.10. The van der Waals surface area contributed by atoms with Crippen LogP contribution in [-0.2, 0) is 9.59 Å². The third-order valence-corrected chi connectivity index (χ3v) is 5.30. The summed E-state index contributed by atoms with van der Waals surface area (Å²) in [4.78, 5) is 29.3. The van der Waals surface area contributed by atoms with Gasteiger partial charge in [0.2, 0.25) is 11.8 Å². The predicted octanol–water partition coefficient (Wildman–Crippen LogP) is 2.21. The summed E-state index contributed by atoms with van der Waals surface area (Å²) < 4.78 is 0. The number of amides is 2. The van der Waals surface area contributed by atoms with Gasteiger partial charge in [-0.3, -0.25) is 9.59 Å². The van der Waals surface area contributed by atoms with Gasteiger partial charge in [-0.1, -0.05) is 18.2 Å². The Hall–Kier alpha value is -1.88. The lowest BCUT2D eigenvalue weighted by molar-refractivity contribution is -0.139. The van der Waals surface area contributed by atoms with E-state index in [1.807, 2.05) is 35.2 Å². The number of benzene rings is 1. The molecule has 1 heterocycles. The smallest absolute Gasteiger partial charge is 0.227 e. The molecule has 2 amide bonds. The highest BCUT2D eigenvalue weighted by Gasteiger charge is 2.32. The average Bonchev–Trinajstić information content (AvgIpc) is 2.63. The summed E-state index contributed by atoms with van der Waals surface area (Å²) in [6.45, 7) is 3.59. The molecule has 0 bridgehead atoms. The molecule has 5 nitrogen and oxygen atoms in total. The molecule has 1 aromatic carbocycles. The Morgan fingerprint density at radius 3 is 2.12 bits per heavy atom.